The number of anilines is 3. The molecule has 10 nitrogen and oxygen atoms in total. The monoisotopic (exact) mass is 518 g/mol. The van der Waals surface area contributed by atoms with E-state index in [0.29, 0.717) is 43.7 Å². The summed E-state index contributed by atoms with van der Waals surface area (Å²) in [6.45, 7) is 4.35. The first-order chi connectivity index (χ1) is 17.7. The van der Waals surface area contributed by atoms with Crippen molar-refractivity contribution in [3.8, 4) is 17.0 Å². The molecule has 0 atom stereocenters. The highest BCUT2D eigenvalue weighted by Gasteiger charge is 2.34. The van der Waals surface area contributed by atoms with Gasteiger partial charge in [-0.05, 0) is 41.8 Å². The van der Waals surface area contributed by atoms with E-state index < -0.39 is 18.0 Å². The van der Waals surface area contributed by atoms with Gasteiger partial charge in [-0.15, -0.1) is 0 Å². The highest BCUT2D eigenvalue weighted by atomic mass is 19.4. The van der Waals surface area contributed by atoms with Gasteiger partial charge in [-0.2, -0.15) is 18.2 Å². The summed E-state index contributed by atoms with van der Waals surface area (Å²) >= 11 is 0. The number of carbonyl (C=O) groups is 1. The molecule has 0 bridgehead atoms. The van der Waals surface area contributed by atoms with E-state index in [1.165, 1.54) is 0 Å². The number of aromatic nitrogens is 3. The molecule has 3 N–H and O–H groups in total. The van der Waals surface area contributed by atoms with E-state index in [1.54, 1.807) is 18.2 Å². The number of aryl methyl sites for hydroxylation is 1. The number of alkyl halides is 3. The van der Waals surface area contributed by atoms with Crippen LogP contribution in [0.4, 0.5) is 35.2 Å². The Hall–Kier alpha value is -3.97. The second kappa shape index (κ2) is 11.4. The minimum absolute atomic E-state index is 0.00722. The third-order valence-corrected chi connectivity index (χ3v) is 5.43. The minimum atomic E-state index is -4.67. The minimum Gasteiger partial charge on any atom is -0.475 e. The van der Waals surface area contributed by atoms with Crippen LogP contribution in [-0.2, 0) is 10.9 Å². The van der Waals surface area contributed by atoms with Crippen molar-refractivity contribution in [1.29, 1.82) is 0 Å². The maximum Gasteiger partial charge on any atom is 0.451 e. The fourth-order valence-corrected chi connectivity index (χ4v) is 3.67. The Bertz CT molecular complexity index is 1230. The molecule has 1 saturated heterocycles. The Labute approximate surface area is 210 Å². The topological polar surface area (TPSA) is 122 Å². The molecule has 1 aliphatic heterocycles. The number of hydrogen-bond donors (Lipinski definition) is 3. The lowest BCUT2D eigenvalue weighted by atomic mass is 10.0. The Kier molecular flexibility index (Phi) is 8.04. The zero-order valence-electron chi connectivity index (χ0n) is 19.9. The zero-order valence-corrected chi connectivity index (χ0v) is 19.9. The second-order valence-electron chi connectivity index (χ2n) is 8.13. The van der Waals surface area contributed by atoms with E-state index in [0.717, 1.165) is 29.1 Å². The molecule has 2 aromatic heterocycles. The molecule has 0 unspecified atom stereocenters. The van der Waals surface area contributed by atoms with Crippen LogP contribution in [0, 0.1) is 6.92 Å². The van der Waals surface area contributed by atoms with Gasteiger partial charge in [0.1, 0.15) is 12.4 Å². The summed E-state index contributed by atoms with van der Waals surface area (Å²) in [5.74, 6) is -0.241. The molecule has 196 valence electrons. The molecule has 2 amide bonds. The van der Waals surface area contributed by atoms with E-state index in [1.807, 2.05) is 19.1 Å². The van der Waals surface area contributed by atoms with Crippen LogP contribution in [0.2, 0.25) is 0 Å². The number of aliphatic hydroxyl groups excluding tert-OH is 1. The van der Waals surface area contributed by atoms with Crippen molar-refractivity contribution in [3.05, 3.63) is 54.1 Å². The van der Waals surface area contributed by atoms with Gasteiger partial charge in [-0.1, -0.05) is 6.07 Å². The number of aliphatic hydroxyl groups is 1. The van der Waals surface area contributed by atoms with E-state index in [2.05, 4.69) is 30.5 Å². The number of nitrogens with zero attached hydrogens (tertiary/aromatic N) is 4. The number of nitrogens with one attached hydrogen (secondary N) is 2. The molecule has 0 radical (unpaired) electrons. The molecule has 1 fully saturated rings. The third-order valence-electron chi connectivity index (χ3n) is 5.43. The molecule has 3 heterocycles. The molecule has 4 rings (SSSR count). The van der Waals surface area contributed by atoms with E-state index in [4.69, 9.17) is 14.6 Å². The van der Waals surface area contributed by atoms with Crippen molar-refractivity contribution in [2.24, 2.45) is 0 Å². The van der Waals surface area contributed by atoms with E-state index in [9.17, 15) is 18.0 Å². The fraction of sp³-hybridized carbons (Fsp3) is 0.333. The quantitative estimate of drug-likeness (QED) is 0.433. The average Bonchev–Trinajstić information content (AvgIpc) is 2.88. The van der Waals surface area contributed by atoms with Gasteiger partial charge in [0.05, 0.1) is 37.9 Å². The lowest BCUT2D eigenvalue weighted by Gasteiger charge is -2.28. The van der Waals surface area contributed by atoms with Crippen LogP contribution >= 0.6 is 0 Å². The molecule has 0 aliphatic carbocycles. The average molecular weight is 518 g/mol. The number of benzene rings is 1. The molecule has 0 saturated carbocycles. The number of carbonyl (C=O) groups excluding carboxylic acids is 1. The van der Waals surface area contributed by atoms with Gasteiger partial charge >= 0.3 is 12.2 Å². The highest BCUT2D eigenvalue weighted by molar-refractivity contribution is 6.00. The van der Waals surface area contributed by atoms with Crippen molar-refractivity contribution in [1.82, 2.24) is 15.0 Å². The molecule has 37 heavy (non-hydrogen) atoms. The van der Waals surface area contributed by atoms with Gasteiger partial charge in [0.2, 0.25) is 11.7 Å². The Balaban J connectivity index is 1.55. The molecule has 1 aliphatic rings. The van der Waals surface area contributed by atoms with Gasteiger partial charge in [0.15, 0.2) is 0 Å². The number of halogens is 3. The van der Waals surface area contributed by atoms with Crippen LogP contribution < -0.4 is 20.3 Å². The van der Waals surface area contributed by atoms with E-state index >= 15 is 0 Å². The summed E-state index contributed by atoms with van der Waals surface area (Å²) < 4.78 is 48.9. The number of morpholine rings is 1. The Morgan fingerprint density at radius 3 is 2.49 bits per heavy atom. The SMILES string of the molecule is Cc1ccc(NC(=O)Nc2cnc(C(F)(F)F)nc2)cc1-c1cc(OCCO)nc(N2CCOCC2)c1. The lowest BCUT2D eigenvalue weighted by Crippen LogP contribution is -2.36. The Morgan fingerprint density at radius 2 is 1.81 bits per heavy atom. The molecule has 1 aromatic carbocycles. The van der Waals surface area contributed by atoms with Crippen molar-refractivity contribution in [2.45, 2.75) is 13.1 Å². The van der Waals surface area contributed by atoms with Crippen molar-refractivity contribution < 1.29 is 32.5 Å². The lowest BCUT2D eigenvalue weighted by molar-refractivity contribution is -0.144. The Morgan fingerprint density at radius 1 is 1.11 bits per heavy atom. The number of urea groups is 1. The molecular formula is C24H25F3N6O4. The predicted octanol–water partition coefficient (Wildman–Crippen LogP) is 3.72. The molecular weight excluding hydrogens is 493 g/mol. The number of rotatable bonds is 7. The van der Waals surface area contributed by atoms with Crippen LogP contribution in [0.15, 0.2) is 42.7 Å². The van der Waals surface area contributed by atoms with Crippen LogP contribution in [0.5, 0.6) is 5.88 Å². The summed E-state index contributed by atoms with van der Waals surface area (Å²) in [7, 11) is 0. The standard InChI is InChI=1S/C24H25F3N6O4/c1-15-2-3-17(30-23(35)31-18-13-28-22(29-14-18)24(25,26)27)12-19(15)16-10-20(33-4-7-36-8-5-33)32-21(11-16)37-9-6-34/h2-3,10-14,34H,4-9H2,1H3,(H2,30,31,35). The van der Waals surface area contributed by atoms with Crippen LogP contribution in [0.25, 0.3) is 11.1 Å². The molecule has 0 spiro atoms. The summed E-state index contributed by atoms with van der Waals surface area (Å²) in [5.41, 5.74) is 2.99. The van der Waals surface area contributed by atoms with Crippen molar-refractivity contribution in [3.63, 3.8) is 0 Å². The second-order valence-corrected chi connectivity index (χ2v) is 8.13. The zero-order chi connectivity index (χ0) is 26.4. The third kappa shape index (κ3) is 6.83. The van der Waals surface area contributed by atoms with Gasteiger partial charge in [-0.25, -0.2) is 14.8 Å². The maximum absolute atomic E-state index is 12.6. The largest absolute Gasteiger partial charge is 0.475 e. The summed E-state index contributed by atoms with van der Waals surface area (Å²) in [6.07, 6.45) is -2.90. The molecule has 13 heteroatoms. The fourth-order valence-electron chi connectivity index (χ4n) is 3.67. The first kappa shape index (κ1) is 26.1. The number of hydrogen-bond acceptors (Lipinski definition) is 8. The summed E-state index contributed by atoms with van der Waals surface area (Å²) in [6, 6.07) is 8.30. The smallest absolute Gasteiger partial charge is 0.451 e. The van der Waals surface area contributed by atoms with Gasteiger partial charge in [0.25, 0.3) is 0 Å². The summed E-state index contributed by atoms with van der Waals surface area (Å²) in [4.78, 5) is 25.6. The van der Waals surface area contributed by atoms with Crippen molar-refractivity contribution in [2.75, 3.05) is 55.1 Å². The van der Waals surface area contributed by atoms with Gasteiger partial charge in [-0.3, -0.25) is 0 Å². The van der Waals surface area contributed by atoms with Gasteiger partial charge < -0.3 is 30.1 Å². The molecule has 3 aromatic rings. The predicted molar refractivity (Wildman–Crippen MR) is 130 cm³/mol. The van der Waals surface area contributed by atoms with Crippen LogP contribution in [0.3, 0.4) is 0 Å². The number of pyridine rings is 1. The van der Waals surface area contributed by atoms with E-state index in [-0.39, 0.29) is 18.9 Å². The van der Waals surface area contributed by atoms with Crippen LogP contribution in [0.1, 0.15) is 11.4 Å². The summed E-state index contributed by atoms with van der Waals surface area (Å²) in [5, 5.41) is 14.2. The number of amides is 2. The highest BCUT2D eigenvalue weighted by Crippen LogP contribution is 2.32. The first-order valence-corrected chi connectivity index (χ1v) is 11.4. The van der Waals surface area contributed by atoms with Crippen molar-refractivity contribution >= 4 is 23.2 Å². The van der Waals surface area contributed by atoms with Gasteiger partial charge in [0, 0.05) is 24.8 Å². The maximum atomic E-state index is 12.6. The normalized spacial score (nSPS) is 13.8. The first-order valence-electron chi connectivity index (χ1n) is 11.4. The van der Waals surface area contributed by atoms with Crippen LogP contribution in [-0.4, -0.2) is 65.6 Å². The number of ether oxygens (including phenoxy) is 2.